The minimum atomic E-state index is 0.889. The van der Waals surface area contributed by atoms with E-state index in [9.17, 15) is 0 Å². The second-order valence-electron chi connectivity index (χ2n) is 2.47. The molecule has 0 aliphatic carbocycles. The second-order valence-corrected chi connectivity index (χ2v) is 4.00. The molecule has 0 atom stereocenters. The summed E-state index contributed by atoms with van der Waals surface area (Å²) in [4.78, 5) is 9.46. The van der Waals surface area contributed by atoms with E-state index in [-0.39, 0.29) is 0 Å². The van der Waals surface area contributed by atoms with Crippen molar-refractivity contribution >= 4 is 27.6 Å². The highest BCUT2D eigenvalue weighted by Gasteiger charge is 2.06. The molecule has 4 nitrogen and oxygen atoms in total. The summed E-state index contributed by atoms with van der Waals surface area (Å²) in [5.74, 6) is 0. The molecule has 13 heavy (non-hydrogen) atoms. The molecular weight excluding hydrogens is 204 g/mol. The lowest BCUT2D eigenvalue weighted by Gasteiger charge is -1.83. The molecule has 0 N–H and O–H groups in total. The summed E-state index contributed by atoms with van der Waals surface area (Å²) in [5.41, 5.74) is 5.38. The highest BCUT2D eigenvalue weighted by Crippen LogP contribution is 2.19. The van der Waals surface area contributed by atoms with Crippen molar-refractivity contribution < 1.29 is 0 Å². The van der Waals surface area contributed by atoms with Crippen molar-refractivity contribution in [2.24, 2.45) is 0 Å². The van der Waals surface area contributed by atoms with Crippen LogP contribution >= 0.6 is 22.7 Å². The quantitative estimate of drug-likeness (QED) is 0.613. The van der Waals surface area contributed by atoms with E-state index < -0.39 is 0 Å². The van der Waals surface area contributed by atoms with Crippen LogP contribution in [0.2, 0.25) is 0 Å². The number of imidazole rings is 1. The Balaban J connectivity index is 2.23. The van der Waals surface area contributed by atoms with Gasteiger partial charge in [-0.3, -0.25) is 0 Å². The molecule has 0 unspecified atom stereocenters. The van der Waals surface area contributed by atoms with Crippen LogP contribution in [0.4, 0.5) is 0 Å². The molecule has 0 amide bonds. The Kier molecular flexibility index (Phi) is 1.44. The molecule has 0 saturated heterocycles. The van der Waals surface area contributed by atoms with Crippen molar-refractivity contribution in [2.75, 3.05) is 0 Å². The largest absolute Gasteiger partial charge is 0.243 e. The molecule has 0 fully saturated rings. The van der Waals surface area contributed by atoms with Gasteiger partial charge < -0.3 is 0 Å². The van der Waals surface area contributed by atoms with Gasteiger partial charge >= 0.3 is 0 Å². The maximum atomic E-state index is 4.38. The molecule has 6 heteroatoms. The van der Waals surface area contributed by atoms with Crippen LogP contribution in [0.25, 0.3) is 16.3 Å². The van der Waals surface area contributed by atoms with Crippen molar-refractivity contribution in [1.29, 1.82) is 0 Å². The van der Waals surface area contributed by atoms with Gasteiger partial charge in [-0.15, -0.1) is 11.3 Å². The van der Waals surface area contributed by atoms with Crippen LogP contribution in [0, 0.1) is 0 Å². The molecule has 3 rings (SSSR count). The Morgan fingerprint density at radius 1 is 1.23 bits per heavy atom. The Bertz CT molecular complexity index is 493. The summed E-state index contributed by atoms with van der Waals surface area (Å²) in [5, 5.41) is 6.08. The molecule has 3 heterocycles. The summed E-state index contributed by atoms with van der Waals surface area (Å²) in [6.45, 7) is 0. The molecule has 0 aliphatic heterocycles. The summed E-state index contributed by atoms with van der Waals surface area (Å²) in [6.07, 6.45) is 1.89. The van der Waals surface area contributed by atoms with Crippen LogP contribution in [0.1, 0.15) is 0 Å². The lowest BCUT2D eigenvalue weighted by Crippen LogP contribution is -1.77. The monoisotopic (exact) mass is 208 g/mol. The van der Waals surface area contributed by atoms with E-state index in [4.69, 9.17) is 0 Å². The molecule has 0 radical (unpaired) electrons. The minimum absolute atomic E-state index is 0.889. The zero-order chi connectivity index (χ0) is 8.67. The smallest absolute Gasteiger partial charge is 0.212 e. The standard InChI is InChI=1S/C7H4N4S2/c1-5(6-2-12-3-8-6)10-7-11(1)9-4-13-7/h1-4H. The van der Waals surface area contributed by atoms with E-state index in [0.29, 0.717) is 0 Å². The van der Waals surface area contributed by atoms with Gasteiger partial charge in [0.15, 0.2) is 0 Å². The first kappa shape index (κ1) is 7.16. The number of hydrogen-bond acceptors (Lipinski definition) is 5. The van der Waals surface area contributed by atoms with E-state index >= 15 is 0 Å². The third-order valence-corrected chi connectivity index (χ3v) is 2.96. The Labute approximate surface area is 81.5 Å². The van der Waals surface area contributed by atoms with Crippen LogP contribution < -0.4 is 0 Å². The first-order valence-electron chi connectivity index (χ1n) is 3.61. The number of aromatic nitrogens is 4. The topological polar surface area (TPSA) is 43.1 Å². The van der Waals surface area contributed by atoms with Gasteiger partial charge in [0.05, 0.1) is 11.7 Å². The van der Waals surface area contributed by atoms with Crippen molar-refractivity contribution in [3.05, 3.63) is 22.6 Å². The maximum Gasteiger partial charge on any atom is 0.212 e. The Morgan fingerprint density at radius 2 is 2.23 bits per heavy atom. The van der Waals surface area contributed by atoms with E-state index in [0.717, 1.165) is 16.3 Å². The average Bonchev–Trinajstić information content (AvgIpc) is 2.78. The zero-order valence-corrected chi connectivity index (χ0v) is 8.05. The van der Waals surface area contributed by atoms with Crippen molar-refractivity contribution in [3.63, 3.8) is 0 Å². The fourth-order valence-corrected chi connectivity index (χ4v) is 2.25. The molecule has 3 aromatic heterocycles. The SMILES string of the molecule is c1nc(-c2cn3ncsc3n2)cs1. The van der Waals surface area contributed by atoms with E-state index in [1.807, 2.05) is 11.6 Å². The summed E-state index contributed by atoms with van der Waals surface area (Å²) in [6, 6.07) is 0. The van der Waals surface area contributed by atoms with Gasteiger partial charge in [-0.1, -0.05) is 11.3 Å². The molecule has 3 aromatic rings. The number of nitrogens with zero attached hydrogens (tertiary/aromatic N) is 4. The van der Waals surface area contributed by atoms with Crippen LogP contribution in [0.3, 0.4) is 0 Å². The summed E-state index contributed by atoms with van der Waals surface area (Å²) in [7, 11) is 0. The Hall–Kier alpha value is -1.27. The minimum Gasteiger partial charge on any atom is -0.243 e. The second kappa shape index (κ2) is 2.61. The van der Waals surface area contributed by atoms with Crippen LogP contribution in [-0.4, -0.2) is 19.6 Å². The Morgan fingerprint density at radius 3 is 3.00 bits per heavy atom. The van der Waals surface area contributed by atoms with Crippen molar-refractivity contribution in [2.45, 2.75) is 0 Å². The predicted octanol–water partition coefficient (Wildman–Crippen LogP) is 1.91. The number of fused-ring (bicyclic) bond motifs is 1. The van der Waals surface area contributed by atoms with Gasteiger partial charge in [0.1, 0.15) is 16.9 Å². The molecule has 0 saturated carbocycles. The first-order valence-corrected chi connectivity index (χ1v) is 5.43. The third kappa shape index (κ3) is 1.06. The third-order valence-electron chi connectivity index (χ3n) is 1.68. The lowest BCUT2D eigenvalue weighted by molar-refractivity contribution is 0.974. The fraction of sp³-hybridized carbons (Fsp3) is 0. The summed E-state index contributed by atoms with van der Waals surface area (Å²) < 4.78 is 1.76. The molecule has 0 aliphatic rings. The predicted molar refractivity (Wildman–Crippen MR) is 52.0 cm³/mol. The van der Waals surface area contributed by atoms with Crippen LogP contribution in [0.15, 0.2) is 22.6 Å². The normalized spacial score (nSPS) is 11.1. The molecule has 0 spiro atoms. The fourth-order valence-electron chi connectivity index (χ4n) is 1.10. The van der Waals surface area contributed by atoms with Gasteiger partial charge in [0, 0.05) is 5.38 Å². The highest BCUT2D eigenvalue weighted by atomic mass is 32.1. The molecule has 0 aromatic carbocycles. The molecule has 0 bridgehead atoms. The number of hydrogen-bond donors (Lipinski definition) is 0. The zero-order valence-electron chi connectivity index (χ0n) is 6.41. The van der Waals surface area contributed by atoms with Gasteiger partial charge in [0.2, 0.25) is 4.96 Å². The lowest BCUT2D eigenvalue weighted by atomic mass is 10.4. The van der Waals surface area contributed by atoms with Gasteiger partial charge in [-0.05, 0) is 0 Å². The van der Waals surface area contributed by atoms with Gasteiger partial charge in [-0.2, -0.15) is 5.10 Å². The molecule has 64 valence electrons. The van der Waals surface area contributed by atoms with Gasteiger partial charge in [0.25, 0.3) is 0 Å². The van der Waals surface area contributed by atoms with Crippen LogP contribution in [-0.2, 0) is 0 Å². The van der Waals surface area contributed by atoms with E-state index in [1.54, 1.807) is 26.9 Å². The first-order chi connectivity index (χ1) is 6.43. The number of rotatable bonds is 1. The summed E-state index contributed by atoms with van der Waals surface area (Å²) >= 11 is 3.09. The van der Waals surface area contributed by atoms with Gasteiger partial charge in [-0.25, -0.2) is 14.5 Å². The van der Waals surface area contributed by atoms with Crippen molar-refractivity contribution in [3.8, 4) is 11.4 Å². The van der Waals surface area contributed by atoms with E-state index in [1.165, 1.54) is 11.3 Å². The van der Waals surface area contributed by atoms with E-state index in [2.05, 4.69) is 15.1 Å². The number of thiazole rings is 1. The molecular formula is C7H4N4S2. The maximum absolute atomic E-state index is 4.38. The van der Waals surface area contributed by atoms with Crippen molar-refractivity contribution in [1.82, 2.24) is 19.6 Å². The highest BCUT2D eigenvalue weighted by molar-refractivity contribution is 7.14. The van der Waals surface area contributed by atoms with Crippen LogP contribution in [0.5, 0.6) is 0 Å². The average molecular weight is 208 g/mol.